The van der Waals surface area contributed by atoms with Crippen molar-refractivity contribution in [2.45, 2.75) is 12.6 Å². The third-order valence-electron chi connectivity index (χ3n) is 4.75. The highest BCUT2D eigenvalue weighted by molar-refractivity contribution is 6.10. The first-order chi connectivity index (χ1) is 13.4. The first kappa shape index (κ1) is 18.1. The summed E-state index contributed by atoms with van der Waals surface area (Å²) >= 11 is 0. The number of hydrogen-bond donors (Lipinski definition) is 2. The van der Waals surface area contributed by atoms with E-state index in [9.17, 15) is 18.0 Å². The van der Waals surface area contributed by atoms with Gasteiger partial charge in [-0.15, -0.1) is 0 Å². The van der Waals surface area contributed by atoms with Crippen LogP contribution in [0.1, 0.15) is 21.5 Å². The van der Waals surface area contributed by atoms with Crippen molar-refractivity contribution in [2.75, 3.05) is 17.2 Å². The number of carbonyl (C=O) groups excluding carboxylic acids is 1. The lowest BCUT2D eigenvalue weighted by Gasteiger charge is -2.17. The molecule has 6 heteroatoms. The van der Waals surface area contributed by atoms with Gasteiger partial charge in [0.05, 0.1) is 11.1 Å². The maximum Gasteiger partial charge on any atom is 0.417 e. The average molecular weight is 382 g/mol. The van der Waals surface area contributed by atoms with Crippen LogP contribution in [0.4, 0.5) is 24.5 Å². The van der Waals surface area contributed by atoms with Gasteiger partial charge in [-0.1, -0.05) is 42.5 Å². The fraction of sp³-hybridized carbons (Fsp3) is 0.136. The number of benzene rings is 3. The van der Waals surface area contributed by atoms with Crippen LogP contribution in [-0.4, -0.2) is 12.5 Å². The molecule has 3 aromatic carbocycles. The molecule has 0 saturated heterocycles. The molecule has 3 nitrogen and oxygen atoms in total. The van der Waals surface area contributed by atoms with Crippen molar-refractivity contribution in [2.24, 2.45) is 0 Å². The third kappa shape index (κ3) is 3.45. The zero-order valence-electron chi connectivity index (χ0n) is 14.8. The molecule has 1 aliphatic rings. The van der Waals surface area contributed by atoms with Crippen molar-refractivity contribution in [3.05, 3.63) is 83.4 Å². The van der Waals surface area contributed by atoms with Crippen molar-refractivity contribution in [1.29, 1.82) is 0 Å². The van der Waals surface area contributed by atoms with Gasteiger partial charge >= 0.3 is 6.18 Å². The maximum atomic E-state index is 13.6. The minimum absolute atomic E-state index is 0.246. The Balaban J connectivity index is 1.77. The molecule has 0 saturated carbocycles. The lowest BCUT2D eigenvalue weighted by atomic mass is 9.94. The molecule has 1 heterocycles. The zero-order valence-corrected chi connectivity index (χ0v) is 14.8. The van der Waals surface area contributed by atoms with E-state index in [1.165, 1.54) is 12.1 Å². The fourth-order valence-corrected chi connectivity index (χ4v) is 3.47. The number of anilines is 2. The summed E-state index contributed by atoms with van der Waals surface area (Å²) < 4.78 is 40.9. The number of amides is 1. The second-order valence-corrected chi connectivity index (χ2v) is 6.59. The predicted molar refractivity (Wildman–Crippen MR) is 103 cm³/mol. The minimum atomic E-state index is -4.64. The molecule has 0 aromatic heterocycles. The Hall–Kier alpha value is -3.28. The van der Waals surface area contributed by atoms with Gasteiger partial charge in [0.2, 0.25) is 0 Å². The Morgan fingerprint density at radius 1 is 0.964 bits per heavy atom. The van der Waals surface area contributed by atoms with E-state index in [2.05, 4.69) is 10.6 Å². The molecule has 1 aliphatic heterocycles. The fourth-order valence-electron chi connectivity index (χ4n) is 3.47. The van der Waals surface area contributed by atoms with E-state index in [1.54, 1.807) is 42.5 Å². The first-order valence-electron chi connectivity index (χ1n) is 8.87. The van der Waals surface area contributed by atoms with Crippen LogP contribution >= 0.6 is 0 Å². The summed E-state index contributed by atoms with van der Waals surface area (Å²) in [6.07, 6.45) is -3.83. The lowest BCUT2D eigenvalue weighted by Crippen LogP contribution is -2.20. The zero-order chi connectivity index (χ0) is 19.7. The van der Waals surface area contributed by atoms with E-state index in [0.717, 1.165) is 30.3 Å². The molecular weight excluding hydrogens is 365 g/mol. The van der Waals surface area contributed by atoms with Gasteiger partial charge < -0.3 is 10.6 Å². The van der Waals surface area contributed by atoms with Crippen molar-refractivity contribution >= 4 is 17.3 Å². The molecule has 28 heavy (non-hydrogen) atoms. The van der Waals surface area contributed by atoms with Crippen LogP contribution in [0.25, 0.3) is 11.1 Å². The van der Waals surface area contributed by atoms with Gasteiger partial charge in [0.25, 0.3) is 5.91 Å². The molecule has 4 rings (SSSR count). The first-order valence-corrected chi connectivity index (χ1v) is 8.87. The summed E-state index contributed by atoms with van der Waals surface area (Å²) in [6.45, 7) is 0.807. The number of hydrogen-bond acceptors (Lipinski definition) is 2. The number of nitrogens with one attached hydrogen (secondary N) is 2. The van der Waals surface area contributed by atoms with E-state index in [0.29, 0.717) is 11.3 Å². The van der Waals surface area contributed by atoms with Gasteiger partial charge in [0.15, 0.2) is 0 Å². The average Bonchev–Trinajstić information content (AvgIpc) is 3.15. The Morgan fingerprint density at radius 2 is 1.75 bits per heavy atom. The molecule has 1 amide bonds. The van der Waals surface area contributed by atoms with Crippen LogP contribution in [0.3, 0.4) is 0 Å². The van der Waals surface area contributed by atoms with Crippen LogP contribution in [-0.2, 0) is 12.6 Å². The SMILES string of the molecule is O=C(Nc1ccc2c(c1)CCN2)c1c(-c2ccccc2)cccc1C(F)(F)F. The molecule has 0 spiro atoms. The minimum Gasteiger partial charge on any atom is -0.384 e. The Morgan fingerprint density at radius 3 is 2.50 bits per heavy atom. The normalized spacial score (nSPS) is 13.0. The highest BCUT2D eigenvalue weighted by atomic mass is 19.4. The second kappa shape index (κ2) is 7.03. The largest absolute Gasteiger partial charge is 0.417 e. The van der Waals surface area contributed by atoms with Gasteiger partial charge in [-0.3, -0.25) is 4.79 Å². The molecule has 142 valence electrons. The topological polar surface area (TPSA) is 41.1 Å². The lowest BCUT2D eigenvalue weighted by molar-refractivity contribution is -0.137. The summed E-state index contributed by atoms with van der Waals surface area (Å²) in [6, 6.07) is 17.7. The number of rotatable bonds is 3. The van der Waals surface area contributed by atoms with Gasteiger partial charge in [-0.05, 0) is 47.4 Å². The molecular formula is C22H17F3N2O. The maximum absolute atomic E-state index is 13.6. The van der Waals surface area contributed by atoms with Crippen LogP contribution in [0.15, 0.2) is 66.7 Å². The molecule has 0 bridgehead atoms. The predicted octanol–water partition coefficient (Wildman–Crippen LogP) is 5.59. The van der Waals surface area contributed by atoms with Crippen LogP contribution in [0, 0.1) is 0 Å². The van der Waals surface area contributed by atoms with E-state index < -0.39 is 17.6 Å². The quantitative estimate of drug-likeness (QED) is 0.620. The molecule has 0 fully saturated rings. The molecule has 0 aliphatic carbocycles. The van der Waals surface area contributed by atoms with Crippen molar-refractivity contribution in [1.82, 2.24) is 0 Å². The number of fused-ring (bicyclic) bond motifs is 1. The Labute approximate surface area is 160 Å². The molecule has 0 atom stereocenters. The van der Waals surface area contributed by atoms with E-state index >= 15 is 0 Å². The van der Waals surface area contributed by atoms with Gasteiger partial charge in [0.1, 0.15) is 0 Å². The highest BCUT2D eigenvalue weighted by Gasteiger charge is 2.36. The van der Waals surface area contributed by atoms with Crippen molar-refractivity contribution < 1.29 is 18.0 Å². The summed E-state index contributed by atoms with van der Waals surface area (Å²) in [5.74, 6) is -0.780. The number of halogens is 3. The van der Waals surface area contributed by atoms with Crippen molar-refractivity contribution in [3.63, 3.8) is 0 Å². The van der Waals surface area contributed by atoms with E-state index in [-0.39, 0.29) is 11.1 Å². The highest BCUT2D eigenvalue weighted by Crippen LogP contribution is 2.37. The van der Waals surface area contributed by atoms with Crippen LogP contribution < -0.4 is 10.6 Å². The van der Waals surface area contributed by atoms with E-state index in [1.807, 2.05) is 6.07 Å². The third-order valence-corrected chi connectivity index (χ3v) is 4.75. The van der Waals surface area contributed by atoms with Gasteiger partial charge in [-0.2, -0.15) is 13.2 Å². The summed E-state index contributed by atoms with van der Waals surface area (Å²) in [7, 11) is 0. The molecule has 0 radical (unpaired) electrons. The molecule has 0 unspecified atom stereocenters. The number of alkyl halides is 3. The Kier molecular flexibility index (Phi) is 4.55. The summed E-state index contributed by atoms with van der Waals surface area (Å²) in [4.78, 5) is 12.9. The second-order valence-electron chi connectivity index (χ2n) is 6.59. The molecule has 2 N–H and O–H groups in total. The molecule has 3 aromatic rings. The van der Waals surface area contributed by atoms with Crippen LogP contribution in [0.2, 0.25) is 0 Å². The monoisotopic (exact) mass is 382 g/mol. The smallest absolute Gasteiger partial charge is 0.384 e. The number of carbonyl (C=O) groups is 1. The standard InChI is InChI=1S/C22H17F3N2O/c23-22(24,25)18-8-4-7-17(14-5-2-1-3-6-14)20(18)21(28)27-16-9-10-19-15(13-16)11-12-26-19/h1-10,13,26H,11-12H2,(H,27,28). The van der Waals surface area contributed by atoms with Gasteiger partial charge in [0, 0.05) is 17.9 Å². The van der Waals surface area contributed by atoms with E-state index in [4.69, 9.17) is 0 Å². The Bertz CT molecular complexity index is 1030. The van der Waals surface area contributed by atoms with Crippen LogP contribution in [0.5, 0.6) is 0 Å². The van der Waals surface area contributed by atoms with Crippen molar-refractivity contribution in [3.8, 4) is 11.1 Å². The summed E-state index contributed by atoms with van der Waals surface area (Å²) in [5.41, 5.74) is 1.97. The summed E-state index contributed by atoms with van der Waals surface area (Å²) in [5, 5.41) is 5.85. The van der Waals surface area contributed by atoms with Gasteiger partial charge in [-0.25, -0.2) is 0 Å².